The number of ether oxygens (including phenoxy) is 1. The van der Waals surface area contributed by atoms with Gasteiger partial charge >= 0.3 is 0 Å². The van der Waals surface area contributed by atoms with E-state index in [1.165, 1.54) is 0 Å². The summed E-state index contributed by atoms with van der Waals surface area (Å²) in [5, 5.41) is 10.5. The maximum absolute atomic E-state index is 12.2. The molecule has 4 nitrogen and oxygen atoms in total. The lowest BCUT2D eigenvalue weighted by Gasteiger charge is -2.07. The molecule has 4 heteroatoms. The Morgan fingerprint density at radius 3 is 2.59 bits per heavy atom. The van der Waals surface area contributed by atoms with Gasteiger partial charge in [0, 0.05) is 5.56 Å². The third-order valence-electron chi connectivity index (χ3n) is 3.26. The number of hydrogen-bond acceptors (Lipinski definition) is 4. The number of hydrogen-bond donors (Lipinski definition) is 1. The van der Waals surface area contributed by atoms with Crippen LogP contribution in [-0.2, 0) is 0 Å². The Hall–Kier alpha value is -3.01. The molecule has 0 aliphatic heterocycles. The van der Waals surface area contributed by atoms with Crippen molar-refractivity contribution in [3.05, 3.63) is 71.4 Å². The fraction of sp³-hybridized carbons (Fsp3) is 0.0556. The van der Waals surface area contributed by atoms with E-state index in [1.54, 1.807) is 54.6 Å². The van der Waals surface area contributed by atoms with E-state index in [0.717, 1.165) is 0 Å². The molecule has 1 heterocycles. The van der Waals surface area contributed by atoms with Crippen molar-refractivity contribution < 1.29 is 14.3 Å². The van der Waals surface area contributed by atoms with Gasteiger partial charge in [-0.2, -0.15) is 0 Å². The van der Waals surface area contributed by atoms with E-state index in [0.29, 0.717) is 28.9 Å². The summed E-state index contributed by atoms with van der Waals surface area (Å²) < 4.78 is 11.1. The van der Waals surface area contributed by atoms with Gasteiger partial charge in [0.1, 0.15) is 17.9 Å². The molecule has 1 N–H and O–H groups in total. The maximum Gasteiger partial charge on any atom is 0.235 e. The van der Waals surface area contributed by atoms with Gasteiger partial charge in [-0.05, 0) is 36.4 Å². The van der Waals surface area contributed by atoms with Gasteiger partial charge in [-0.15, -0.1) is 0 Å². The lowest BCUT2D eigenvalue weighted by molar-refractivity contribution is 0.363. The molecule has 22 heavy (non-hydrogen) atoms. The van der Waals surface area contributed by atoms with Crippen LogP contribution < -0.4 is 10.2 Å². The van der Waals surface area contributed by atoms with Crippen LogP contribution in [0.25, 0.3) is 22.3 Å². The quantitative estimate of drug-likeness (QED) is 0.745. The van der Waals surface area contributed by atoms with E-state index < -0.39 is 11.2 Å². The van der Waals surface area contributed by atoms with E-state index in [2.05, 4.69) is 6.58 Å². The highest BCUT2D eigenvalue weighted by Gasteiger charge is 2.14. The number of rotatable bonds is 4. The first-order valence-corrected chi connectivity index (χ1v) is 6.79. The van der Waals surface area contributed by atoms with Crippen molar-refractivity contribution in [2.24, 2.45) is 0 Å². The first-order chi connectivity index (χ1) is 10.7. The van der Waals surface area contributed by atoms with Crippen LogP contribution in [0.15, 0.2) is 70.4 Å². The molecule has 0 amide bonds. The summed E-state index contributed by atoms with van der Waals surface area (Å²) in [5.41, 5.74) is 0.599. The first kappa shape index (κ1) is 13.9. The highest BCUT2D eigenvalue weighted by molar-refractivity contribution is 5.81. The van der Waals surface area contributed by atoms with E-state index in [-0.39, 0.29) is 5.76 Å². The third kappa shape index (κ3) is 2.46. The Morgan fingerprint density at radius 1 is 1.14 bits per heavy atom. The average Bonchev–Trinajstić information content (AvgIpc) is 2.57. The molecule has 0 saturated carbocycles. The topological polar surface area (TPSA) is 59.7 Å². The minimum Gasteiger partial charge on any atom is -0.502 e. The number of fused-ring (bicyclic) bond motifs is 1. The van der Waals surface area contributed by atoms with E-state index in [4.69, 9.17) is 9.15 Å². The van der Waals surface area contributed by atoms with Crippen molar-refractivity contribution in [1.29, 1.82) is 0 Å². The van der Waals surface area contributed by atoms with Gasteiger partial charge in [-0.25, -0.2) is 0 Å². The average molecular weight is 294 g/mol. The van der Waals surface area contributed by atoms with Crippen molar-refractivity contribution in [2.75, 3.05) is 6.61 Å². The Balaban J connectivity index is 2.08. The third-order valence-corrected chi connectivity index (χ3v) is 3.26. The van der Waals surface area contributed by atoms with Gasteiger partial charge in [0.15, 0.2) is 5.76 Å². The summed E-state index contributed by atoms with van der Waals surface area (Å²) in [7, 11) is 0. The van der Waals surface area contributed by atoms with E-state index >= 15 is 0 Å². The summed E-state index contributed by atoms with van der Waals surface area (Å²) >= 11 is 0. The fourth-order valence-corrected chi connectivity index (χ4v) is 2.19. The number of aromatic hydroxyl groups is 1. The van der Waals surface area contributed by atoms with Crippen LogP contribution in [-0.4, -0.2) is 11.7 Å². The van der Waals surface area contributed by atoms with E-state index in [9.17, 15) is 9.90 Å². The highest BCUT2D eigenvalue weighted by Crippen LogP contribution is 2.30. The van der Waals surface area contributed by atoms with Gasteiger partial charge in [-0.1, -0.05) is 24.8 Å². The van der Waals surface area contributed by atoms with Gasteiger partial charge in [0.2, 0.25) is 11.2 Å². The number of para-hydroxylation sites is 1. The summed E-state index contributed by atoms with van der Waals surface area (Å²) in [6, 6.07) is 13.8. The zero-order valence-electron chi connectivity index (χ0n) is 11.8. The largest absolute Gasteiger partial charge is 0.502 e. The smallest absolute Gasteiger partial charge is 0.235 e. The summed E-state index contributed by atoms with van der Waals surface area (Å²) in [6.45, 7) is 4.00. The van der Waals surface area contributed by atoms with Crippen LogP contribution in [0.3, 0.4) is 0 Å². The van der Waals surface area contributed by atoms with Crippen LogP contribution in [0.1, 0.15) is 0 Å². The second-order valence-corrected chi connectivity index (χ2v) is 4.73. The lowest BCUT2D eigenvalue weighted by Crippen LogP contribution is -2.02. The Morgan fingerprint density at radius 2 is 1.86 bits per heavy atom. The minimum absolute atomic E-state index is 0.152. The Kier molecular flexibility index (Phi) is 3.66. The highest BCUT2D eigenvalue weighted by atomic mass is 16.5. The standard InChI is InChI=1S/C18H14O4/c1-2-11-21-13-9-7-12(8-10-13)18-17(20)16(19)14-5-3-4-6-15(14)22-18/h2-10,20H,1,11H2. The molecule has 0 radical (unpaired) electrons. The molecule has 110 valence electrons. The molecule has 2 aromatic carbocycles. The monoisotopic (exact) mass is 294 g/mol. The van der Waals surface area contributed by atoms with Gasteiger partial charge in [0.25, 0.3) is 0 Å². The molecule has 0 unspecified atom stereocenters. The Bertz CT molecular complexity index is 876. The zero-order chi connectivity index (χ0) is 15.5. The lowest BCUT2D eigenvalue weighted by atomic mass is 10.1. The first-order valence-electron chi connectivity index (χ1n) is 6.79. The molecule has 0 aliphatic carbocycles. The summed E-state index contributed by atoms with van der Waals surface area (Å²) in [6.07, 6.45) is 1.65. The molecule has 3 rings (SSSR count). The van der Waals surface area contributed by atoms with Gasteiger partial charge < -0.3 is 14.3 Å². The molecule has 0 bridgehead atoms. The van der Waals surface area contributed by atoms with E-state index in [1.807, 2.05) is 0 Å². The SMILES string of the molecule is C=CCOc1ccc(-c2oc3ccccc3c(=O)c2O)cc1. The predicted octanol–water partition coefficient (Wildman–Crippen LogP) is 3.73. The molecule has 0 saturated heterocycles. The zero-order valence-corrected chi connectivity index (χ0v) is 11.8. The second kappa shape index (κ2) is 5.77. The molecule has 0 atom stereocenters. The summed E-state index contributed by atoms with van der Waals surface area (Å²) in [5.74, 6) is 0.434. The van der Waals surface area contributed by atoms with Crippen molar-refractivity contribution >= 4 is 11.0 Å². The molecule has 3 aromatic rings. The van der Waals surface area contributed by atoms with Crippen LogP contribution in [0.5, 0.6) is 11.5 Å². The molecule has 0 fully saturated rings. The molecule has 1 aromatic heterocycles. The molecule has 0 aliphatic rings. The predicted molar refractivity (Wildman–Crippen MR) is 85.3 cm³/mol. The molecular formula is C18H14O4. The molecule has 0 spiro atoms. The van der Waals surface area contributed by atoms with Crippen molar-refractivity contribution in [3.63, 3.8) is 0 Å². The van der Waals surface area contributed by atoms with Crippen LogP contribution in [0, 0.1) is 0 Å². The second-order valence-electron chi connectivity index (χ2n) is 4.73. The van der Waals surface area contributed by atoms with Gasteiger partial charge in [0.05, 0.1) is 5.39 Å². The Labute approximate surface area is 126 Å². The minimum atomic E-state index is -0.441. The number of benzene rings is 2. The summed E-state index contributed by atoms with van der Waals surface area (Å²) in [4.78, 5) is 12.2. The molecular weight excluding hydrogens is 280 g/mol. The van der Waals surface area contributed by atoms with Crippen molar-refractivity contribution in [3.8, 4) is 22.8 Å². The van der Waals surface area contributed by atoms with Crippen LogP contribution in [0.4, 0.5) is 0 Å². The van der Waals surface area contributed by atoms with Crippen molar-refractivity contribution in [1.82, 2.24) is 0 Å². The van der Waals surface area contributed by atoms with Crippen molar-refractivity contribution in [2.45, 2.75) is 0 Å². The maximum atomic E-state index is 12.2. The van der Waals surface area contributed by atoms with Crippen LogP contribution >= 0.6 is 0 Å². The van der Waals surface area contributed by atoms with Crippen LogP contribution in [0.2, 0.25) is 0 Å². The van der Waals surface area contributed by atoms with Gasteiger partial charge in [-0.3, -0.25) is 4.79 Å². The fourth-order valence-electron chi connectivity index (χ4n) is 2.19. The normalized spacial score (nSPS) is 10.5.